The lowest BCUT2D eigenvalue weighted by Crippen LogP contribution is -2.16. The molecule has 2 aromatic heterocycles. The predicted octanol–water partition coefficient (Wildman–Crippen LogP) is 2.44. The van der Waals surface area contributed by atoms with Gasteiger partial charge in [-0.05, 0) is 19.1 Å². The highest BCUT2D eigenvalue weighted by Gasteiger charge is 2.10. The first-order valence-electron chi connectivity index (χ1n) is 7.21. The molecule has 1 aromatic carbocycles. The molecule has 3 rings (SSSR count). The zero-order chi connectivity index (χ0) is 16.1. The Morgan fingerprint density at radius 3 is 2.87 bits per heavy atom. The van der Waals surface area contributed by atoms with Gasteiger partial charge in [-0.2, -0.15) is 0 Å². The second-order valence-corrected chi connectivity index (χ2v) is 5.79. The number of anilines is 1. The zero-order valence-electron chi connectivity index (χ0n) is 12.7. The molecule has 1 unspecified atom stereocenters. The molecule has 0 aliphatic heterocycles. The van der Waals surface area contributed by atoms with E-state index in [2.05, 4.69) is 15.0 Å². The minimum Gasteiger partial charge on any atom is -0.475 e. The molecule has 7 nitrogen and oxygen atoms in total. The summed E-state index contributed by atoms with van der Waals surface area (Å²) >= 11 is 0. The Bertz CT molecular complexity index is 765. The van der Waals surface area contributed by atoms with E-state index in [9.17, 15) is 0 Å². The number of aromatic nitrogens is 4. The molecule has 0 spiro atoms. The summed E-state index contributed by atoms with van der Waals surface area (Å²) in [6, 6.07) is 9.71. The molecule has 2 atom stereocenters. The van der Waals surface area contributed by atoms with Gasteiger partial charge in [0, 0.05) is 0 Å². The third kappa shape index (κ3) is 3.94. The van der Waals surface area contributed by atoms with Crippen molar-refractivity contribution in [1.82, 2.24) is 19.5 Å². The second kappa shape index (κ2) is 7.35. The minimum absolute atomic E-state index is 0.00969. The van der Waals surface area contributed by atoms with Crippen LogP contribution in [0.4, 0.5) is 5.82 Å². The van der Waals surface area contributed by atoms with Crippen molar-refractivity contribution in [2.45, 2.75) is 19.6 Å². The first-order valence-corrected chi connectivity index (χ1v) is 8.33. The summed E-state index contributed by atoms with van der Waals surface area (Å²) in [5, 5.41) is 0. The largest absolute Gasteiger partial charge is 0.475 e. The topological polar surface area (TPSA) is 88.1 Å². The lowest BCUT2D eigenvalue weighted by Gasteiger charge is -2.14. The number of nitrogen functional groups attached to an aromatic ring is 1. The Labute approximate surface area is 135 Å². The normalized spacial score (nSPS) is 12.9. The summed E-state index contributed by atoms with van der Waals surface area (Å²) < 4.78 is 13.3. The summed E-state index contributed by atoms with van der Waals surface area (Å²) in [6.07, 6.45) is 3.70. The first kappa shape index (κ1) is 15.6. The highest BCUT2D eigenvalue weighted by molar-refractivity contribution is 7.32. The van der Waals surface area contributed by atoms with Crippen LogP contribution in [0.15, 0.2) is 43.0 Å². The minimum atomic E-state index is 0.00969. The van der Waals surface area contributed by atoms with Crippen molar-refractivity contribution < 1.29 is 9.26 Å². The van der Waals surface area contributed by atoms with Crippen LogP contribution >= 0.6 is 8.81 Å². The second-order valence-electron chi connectivity index (χ2n) is 5.01. The Kier molecular flexibility index (Phi) is 5.00. The van der Waals surface area contributed by atoms with Gasteiger partial charge in [0.15, 0.2) is 11.5 Å². The number of rotatable bonds is 7. The fourth-order valence-electron chi connectivity index (χ4n) is 2.14. The lowest BCUT2D eigenvalue weighted by atomic mass is 10.3. The fourth-order valence-corrected chi connectivity index (χ4v) is 2.85. The van der Waals surface area contributed by atoms with E-state index >= 15 is 0 Å². The summed E-state index contributed by atoms with van der Waals surface area (Å²) in [5.41, 5.74) is 7.12. The van der Waals surface area contributed by atoms with Crippen molar-refractivity contribution in [3.05, 3.63) is 43.0 Å². The van der Waals surface area contributed by atoms with Crippen LogP contribution in [0.1, 0.15) is 6.92 Å². The Morgan fingerprint density at radius 2 is 2.04 bits per heavy atom. The monoisotopic (exact) mass is 331 g/mol. The standard InChI is InChI=1S/C15H18N5O2P/c1-11(21-10-23-22-12-5-3-2-4-6-12)7-20-9-19-13-14(16)17-8-18-15(13)20/h2-6,8-9,11,23H,7,10H2,1H3,(H2,16,17,18)/t11-/m1/s1. The van der Waals surface area contributed by atoms with Crippen molar-refractivity contribution in [1.29, 1.82) is 0 Å². The lowest BCUT2D eigenvalue weighted by molar-refractivity contribution is 0.0882. The van der Waals surface area contributed by atoms with Crippen molar-refractivity contribution in [3.8, 4) is 5.75 Å². The highest BCUT2D eigenvalue weighted by Crippen LogP contribution is 2.21. The van der Waals surface area contributed by atoms with E-state index in [-0.39, 0.29) is 14.9 Å². The van der Waals surface area contributed by atoms with Crippen LogP contribution in [0.3, 0.4) is 0 Å². The van der Waals surface area contributed by atoms with Crippen LogP contribution < -0.4 is 10.3 Å². The molecule has 0 saturated carbocycles. The summed E-state index contributed by atoms with van der Waals surface area (Å²) in [7, 11) is 0.257. The third-order valence-electron chi connectivity index (χ3n) is 3.24. The number of imidazole rings is 1. The molecule has 0 saturated heterocycles. The van der Waals surface area contributed by atoms with E-state index in [1.807, 2.05) is 41.8 Å². The van der Waals surface area contributed by atoms with Gasteiger partial charge < -0.3 is 19.6 Å². The van der Waals surface area contributed by atoms with E-state index in [4.69, 9.17) is 15.0 Å². The predicted molar refractivity (Wildman–Crippen MR) is 90.5 cm³/mol. The van der Waals surface area contributed by atoms with Gasteiger partial charge in [-0.1, -0.05) is 18.2 Å². The zero-order valence-corrected chi connectivity index (χ0v) is 13.7. The first-order chi connectivity index (χ1) is 11.2. The van der Waals surface area contributed by atoms with Gasteiger partial charge in [0.05, 0.1) is 34.1 Å². The smallest absolute Gasteiger partial charge is 0.165 e. The van der Waals surface area contributed by atoms with Gasteiger partial charge in [-0.3, -0.25) is 0 Å². The van der Waals surface area contributed by atoms with Gasteiger partial charge in [0.1, 0.15) is 17.6 Å². The molecule has 23 heavy (non-hydrogen) atoms. The number of hydrogen-bond donors (Lipinski definition) is 1. The van der Waals surface area contributed by atoms with Gasteiger partial charge in [-0.25, -0.2) is 15.0 Å². The SMILES string of the molecule is C[C@H](Cn1cnc2c(N)ncnc21)OCPOc1ccccc1. The van der Waals surface area contributed by atoms with E-state index < -0.39 is 0 Å². The molecule has 0 aliphatic carbocycles. The van der Waals surface area contributed by atoms with Gasteiger partial charge >= 0.3 is 0 Å². The molecule has 2 heterocycles. The van der Waals surface area contributed by atoms with Crippen LogP contribution in [-0.2, 0) is 11.3 Å². The molecule has 0 radical (unpaired) electrons. The number of hydrogen-bond acceptors (Lipinski definition) is 6. The Morgan fingerprint density at radius 1 is 1.22 bits per heavy atom. The number of para-hydroxylation sites is 1. The average Bonchev–Trinajstić information content (AvgIpc) is 2.97. The number of benzene rings is 1. The van der Waals surface area contributed by atoms with Crippen molar-refractivity contribution >= 4 is 25.8 Å². The van der Waals surface area contributed by atoms with E-state index in [1.165, 1.54) is 6.33 Å². The molecular formula is C15H18N5O2P. The van der Waals surface area contributed by atoms with Gasteiger partial charge in [-0.15, -0.1) is 0 Å². The van der Waals surface area contributed by atoms with Gasteiger partial charge in [0.2, 0.25) is 0 Å². The van der Waals surface area contributed by atoms with Crippen LogP contribution in [0.2, 0.25) is 0 Å². The fraction of sp³-hybridized carbons (Fsp3) is 0.267. The average molecular weight is 331 g/mol. The van der Waals surface area contributed by atoms with Crippen LogP contribution in [0, 0.1) is 0 Å². The molecule has 0 bridgehead atoms. The van der Waals surface area contributed by atoms with E-state index in [1.54, 1.807) is 6.33 Å². The molecule has 0 fully saturated rings. The highest BCUT2D eigenvalue weighted by atomic mass is 31.1. The molecule has 8 heteroatoms. The molecule has 0 aliphatic rings. The quantitative estimate of drug-likeness (QED) is 0.528. The van der Waals surface area contributed by atoms with E-state index in [0.717, 1.165) is 11.4 Å². The molecule has 3 aromatic rings. The maximum atomic E-state index is 5.78. The number of fused-ring (bicyclic) bond motifs is 1. The number of ether oxygens (including phenoxy) is 1. The third-order valence-corrected chi connectivity index (χ3v) is 3.91. The molecule has 2 N–H and O–H groups in total. The molecule has 0 amide bonds. The Hall–Kier alpha value is -2.24. The van der Waals surface area contributed by atoms with Crippen molar-refractivity contribution in [2.24, 2.45) is 0 Å². The maximum Gasteiger partial charge on any atom is 0.165 e. The molecular weight excluding hydrogens is 313 g/mol. The molecule has 120 valence electrons. The maximum absolute atomic E-state index is 5.78. The number of nitrogens with two attached hydrogens (primary N) is 1. The van der Waals surface area contributed by atoms with Crippen LogP contribution in [-0.4, -0.2) is 32.0 Å². The summed E-state index contributed by atoms with van der Waals surface area (Å²) in [5.74, 6) is 1.25. The summed E-state index contributed by atoms with van der Waals surface area (Å²) in [6.45, 7) is 2.64. The van der Waals surface area contributed by atoms with Crippen molar-refractivity contribution in [3.63, 3.8) is 0 Å². The Balaban J connectivity index is 1.49. The van der Waals surface area contributed by atoms with E-state index in [0.29, 0.717) is 24.2 Å². The van der Waals surface area contributed by atoms with Gasteiger partial charge in [0.25, 0.3) is 0 Å². The van der Waals surface area contributed by atoms with Crippen LogP contribution in [0.25, 0.3) is 11.2 Å². The number of nitrogens with zero attached hydrogens (tertiary/aromatic N) is 4. The van der Waals surface area contributed by atoms with Crippen LogP contribution in [0.5, 0.6) is 5.75 Å². The van der Waals surface area contributed by atoms with Crippen molar-refractivity contribution in [2.75, 3.05) is 12.1 Å². The summed E-state index contributed by atoms with van der Waals surface area (Å²) in [4.78, 5) is 12.4.